The number of ether oxygens (including phenoxy) is 1. The van der Waals surface area contributed by atoms with Gasteiger partial charge in [-0.2, -0.15) is 13.2 Å². The Bertz CT molecular complexity index is 721. The number of urea groups is 1. The van der Waals surface area contributed by atoms with Gasteiger partial charge in [0.2, 0.25) is 5.91 Å². The minimum atomic E-state index is -4.57. The molecule has 0 aromatic heterocycles. The first-order valence-corrected chi connectivity index (χ1v) is 8.14. The van der Waals surface area contributed by atoms with Crippen LogP contribution in [0.1, 0.15) is 18.9 Å². The van der Waals surface area contributed by atoms with E-state index >= 15 is 0 Å². The van der Waals surface area contributed by atoms with Crippen molar-refractivity contribution >= 4 is 17.8 Å². The van der Waals surface area contributed by atoms with Gasteiger partial charge in [-0.1, -0.05) is 12.1 Å². The molecule has 0 radical (unpaired) electrons. The molecular weight excluding hydrogens is 367 g/mol. The standard InChI is InChI=1S/C17H20F3N3O4/c1-16(8-7-11-3-5-12(27-2)6-4-11)14(25)23(15(26)22-16)9-13(24)21-10-17(18,19)20/h3-6H,7-10H2,1-2H3,(H,21,24)(H,22,26). The Morgan fingerprint density at radius 1 is 1.26 bits per heavy atom. The number of carbonyl (C=O) groups is 3. The Morgan fingerprint density at radius 3 is 2.44 bits per heavy atom. The van der Waals surface area contributed by atoms with E-state index in [9.17, 15) is 27.6 Å². The maximum Gasteiger partial charge on any atom is 0.405 e. The maximum atomic E-state index is 12.5. The Labute approximate surface area is 153 Å². The average Bonchev–Trinajstić information content (AvgIpc) is 2.82. The first kappa shape index (κ1) is 20.5. The predicted molar refractivity (Wildman–Crippen MR) is 89.0 cm³/mol. The summed E-state index contributed by atoms with van der Waals surface area (Å²) in [7, 11) is 1.54. The minimum Gasteiger partial charge on any atom is -0.497 e. The van der Waals surface area contributed by atoms with Gasteiger partial charge in [0, 0.05) is 0 Å². The van der Waals surface area contributed by atoms with Crippen molar-refractivity contribution < 1.29 is 32.3 Å². The van der Waals surface area contributed by atoms with Crippen LogP contribution in [0.15, 0.2) is 24.3 Å². The first-order chi connectivity index (χ1) is 12.5. The monoisotopic (exact) mass is 387 g/mol. The molecule has 0 aliphatic carbocycles. The van der Waals surface area contributed by atoms with Crippen molar-refractivity contribution in [3.05, 3.63) is 29.8 Å². The van der Waals surface area contributed by atoms with E-state index in [4.69, 9.17) is 4.74 Å². The van der Waals surface area contributed by atoms with Crippen molar-refractivity contribution in [2.75, 3.05) is 20.2 Å². The summed E-state index contributed by atoms with van der Waals surface area (Å²) in [5, 5.41) is 4.15. The number of alkyl halides is 3. The average molecular weight is 387 g/mol. The molecule has 1 unspecified atom stereocenters. The van der Waals surface area contributed by atoms with E-state index in [1.807, 2.05) is 12.1 Å². The van der Waals surface area contributed by atoms with E-state index in [0.29, 0.717) is 17.1 Å². The third-order valence-corrected chi connectivity index (χ3v) is 4.21. The summed E-state index contributed by atoms with van der Waals surface area (Å²) >= 11 is 0. The van der Waals surface area contributed by atoms with Gasteiger partial charge in [-0.05, 0) is 37.5 Å². The first-order valence-electron chi connectivity index (χ1n) is 8.14. The Hall–Kier alpha value is -2.78. The van der Waals surface area contributed by atoms with Crippen molar-refractivity contribution in [1.82, 2.24) is 15.5 Å². The van der Waals surface area contributed by atoms with Crippen LogP contribution in [0.4, 0.5) is 18.0 Å². The summed E-state index contributed by atoms with van der Waals surface area (Å²) in [4.78, 5) is 36.7. The van der Waals surface area contributed by atoms with E-state index in [0.717, 1.165) is 5.56 Å². The van der Waals surface area contributed by atoms with Gasteiger partial charge in [0.15, 0.2) is 0 Å². The largest absolute Gasteiger partial charge is 0.497 e. The lowest BCUT2D eigenvalue weighted by Crippen LogP contribution is -2.46. The van der Waals surface area contributed by atoms with Crippen molar-refractivity contribution in [1.29, 1.82) is 0 Å². The topological polar surface area (TPSA) is 87.7 Å². The summed E-state index contributed by atoms with van der Waals surface area (Å²) in [6.45, 7) is -0.770. The molecule has 0 spiro atoms. The van der Waals surface area contributed by atoms with Crippen molar-refractivity contribution in [3.8, 4) is 5.75 Å². The summed E-state index contributed by atoms with van der Waals surface area (Å²) in [6, 6.07) is 6.38. The molecule has 7 nitrogen and oxygen atoms in total. The van der Waals surface area contributed by atoms with Gasteiger partial charge in [-0.15, -0.1) is 0 Å². The third kappa shape index (κ3) is 5.35. The molecule has 4 amide bonds. The normalized spacial score (nSPS) is 19.8. The molecule has 1 saturated heterocycles. The number of halogens is 3. The number of hydrogen-bond acceptors (Lipinski definition) is 4. The van der Waals surface area contributed by atoms with E-state index < -0.39 is 42.7 Å². The van der Waals surface area contributed by atoms with Crippen LogP contribution >= 0.6 is 0 Å². The number of nitrogens with zero attached hydrogens (tertiary/aromatic N) is 1. The summed E-state index contributed by atoms with van der Waals surface area (Å²) in [5.74, 6) is -1.02. The van der Waals surface area contributed by atoms with Gasteiger partial charge in [-0.3, -0.25) is 14.5 Å². The van der Waals surface area contributed by atoms with Crippen molar-refractivity contribution in [2.45, 2.75) is 31.5 Å². The maximum absolute atomic E-state index is 12.5. The zero-order valence-electron chi connectivity index (χ0n) is 14.9. The molecule has 2 rings (SSSR count). The highest BCUT2D eigenvalue weighted by Gasteiger charge is 2.47. The zero-order valence-corrected chi connectivity index (χ0v) is 14.9. The van der Waals surface area contributed by atoms with Crippen LogP contribution in [-0.4, -0.2) is 54.7 Å². The molecule has 1 fully saturated rings. The molecule has 2 N–H and O–H groups in total. The van der Waals surface area contributed by atoms with E-state index in [2.05, 4.69) is 5.32 Å². The lowest BCUT2D eigenvalue weighted by atomic mass is 9.93. The number of imide groups is 1. The minimum absolute atomic E-state index is 0.268. The molecule has 1 atom stereocenters. The van der Waals surface area contributed by atoms with Gasteiger partial charge in [-0.25, -0.2) is 4.79 Å². The fourth-order valence-corrected chi connectivity index (χ4v) is 2.64. The van der Waals surface area contributed by atoms with Crippen LogP contribution in [0, 0.1) is 0 Å². The summed E-state index contributed by atoms with van der Waals surface area (Å²) in [6.07, 6.45) is -3.83. The quantitative estimate of drug-likeness (QED) is 0.696. The number of nitrogens with one attached hydrogen (secondary N) is 2. The number of hydrogen-bond donors (Lipinski definition) is 2. The highest BCUT2D eigenvalue weighted by molar-refractivity contribution is 6.08. The second kappa shape index (κ2) is 7.85. The van der Waals surface area contributed by atoms with E-state index in [1.54, 1.807) is 24.6 Å². The Balaban J connectivity index is 1.95. The van der Waals surface area contributed by atoms with Gasteiger partial charge < -0.3 is 15.4 Å². The lowest BCUT2D eigenvalue weighted by Gasteiger charge is -2.21. The number of aryl methyl sites for hydroxylation is 1. The Kier molecular flexibility index (Phi) is 5.97. The van der Waals surface area contributed by atoms with Gasteiger partial charge in [0.05, 0.1) is 7.11 Å². The van der Waals surface area contributed by atoms with Crippen molar-refractivity contribution in [3.63, 3.8) is 0 Å². The molecule has 148 valence electrons. The molecule has 1 heterocycles. The van der Waals surface area contributed by atoms with E-state index in [-0.39, 0.29) is 6.42 Å². The molecule has 1 aromatic rings. The second-order valence-electron chi connectivity index (χ2n) is 6.39. The molecular formula is C17H20F3N3O4. The highest BCUT2D eigenvalue weighted by atomic mass is 19.4. The van der Waals surface area contributed by atoms with Crippen molar-refractivity contribution in [2.24, 2.45) is 0 Å². The van der Waals surface area contributed by atoms with Crippen LogP contribution in [0.5, 0.6) is 5.75 Å². The summed E-state index contributed by atoms with van der Waals surface area (Å²) < 4.78 is 41.5. The molecule has 1 aliphatic rings. The van der Waals surface area contributed by atoms with Crippen LogP contribution in [0.3, 0.4) is 0 Å². The lowest BCUT2D eigenvalue weighted by molar-refractivity contribution is -0.141. The molecule has 1 aliphatic heterocycles. The van der Waals surface area contributed by atoms with Crippen LogP contribution in [0.25, 0.3) is 0 Å². The smallest absolute Gasteiger partial charge is 0.405 e. The fraction of sp³-hybridized carbons (Fsp3) is 0.471. The third-order valence-electron chi connectivity index (χ3n) is 4.21. The molecule has 0 saturated carbocycles. The SMILES string of the molecule is COc1ccc(CCC2(C)NC(=O)N(CC(=O)NCC(F)(F)F)C2=O)cc1. The molecule has 0 bridgehead atoms. The predicted octanol–water partition coefficient (Wildman–Crippen LogP) is 1.62. The van der Waals surface area contributed by atoms with Gasteiger partial charge in [0.25, 0.3) is 5.91 Å². The van der Waals surface area contributed by atoms with Crippen LogP contribution in [-0.2, 0) is 16.0 Å². The number of methoxy groups -OCH3 is 1. The summed E-state index contributed by atoms with van der Waals surface area (Å²) in [5.41, 5.74) is -0.318. The zero-order chi connectivity index (χ0) is 20.2. The highest BCUT2D eigenvalue weighted by Crippen LogP contribution is 2.24. The molecule has 27 heavy (non-hydrogen) atoms. The van der Waals surface area contributed by atoms with Gasteiger partial charge in [0.1, 0.15) is 24.4 Å². The number of benzene rings is 1. The Morgan fingerprint density at radius 2 is 1.89 bits per heavy atom. The van der Waals surface area contributed by atoms with Crippen LogP contribution in [0.2, 0.25) is 0 Å². The van der Waals surface area contributed by atoms with Crippen LogP contribution < -0.4 is 15.4 Å². The fourth-order valence-electron chi connectivity index (χ4n) is 2.64. The number of amides is 4. The molecule has 1 aromatic carbocycles. The van der Waals surface area contributed by atoms with E-state index in [1.165, 1.54) is 6.92 Å². The number of carbonyl (C=O) groups excluding carboxylic acids is 3. The van der Waals surface area contributed by atoms with Gasteiger partial charge >= 0.3 is 12.2 Å². The number of rotatable bonds is 7. The second-order valence-corrected chi connectivity index (χ2v) is 6.39. The molecule has 10 heteroatoms.